The second-order valence-electron chi connectivity index (χ2n) is 12.4. The van der Waals surface area contributed by atoms with Gasteiger partial charge in [-0.05, 0) is 55.8 Å². The summed E-state index contributed by atoms with van der Waals surface area (Å²) in [5, 5.41) is 5.73. The van der Waals surface area contributed by atoms with Crippen LogP contribution >= 0.6 is 0 Å². The third-order valence-corrected chi connectivity index (χ3v) is 8.90. The maximum absolute atomic E-state index is 15.2. The third-order valence-electron chi connectivity index (χ3n) is 8.90. The molecule has 0 aliphatic carbocycles. The highest BCUT2D eigenvalue weighted by Gasteiger charge is 2.39. The van der Waals surface area contributed by atoms with E-state index in [2.05, 4.69) is 15.6 Å². The van der Waals surface area contributed by atoms with Gasteiger partial charge >= 0.3 is 6.18 Å². The van der Waals surface area contributed by atoms with E-state index in [1.54, 1.807) is 53.4 Å². The number of halogens is 4. The fourth-order valence-corrected chi connectivity index (χ4v) is 6.27. The lowest BCUT2D eigenvalue weighted by atomic mass is 9.94. The van der Waals surface area contributed by atoms with Crippen LogP contribution in [0.15, 0.2) is 60.8 Å². The van der Waals surface area contributed by atoms with E-state index in [0.717, 1.165) is 12.1 Å². The summed E-state index contributed by atoms with van der Waals surface area (Å²) >= 11 is 0. The van der Waals surface area contributed by atoms with Crippen LogP contribution in [0.1, 0.15) is 39.9 Å². The Hall–Kier alpha value is -5.01. The topological polar surface area (TPSA) is 98.9 Å². The molecule has 0 radical (unpaired) electrons. The first-order chi connectivity index (χ1) is 22.8. The van der Waals surface area contributed by atoms with E-state index in [1.807, 2.05) is 6.92 Å². The van der Waals surface area contributed by atoms with Crippen molar-refractivity contribution in [1.29, 1.82) is 0 Å². The molecule has 0 saturated carbocycles. The fraction of sp³-hybridized carbons (Fsp3) is 0.286. The summed E-state index contributed by atoms with van der Waals surface area (Å²) in [4.78, 5) is 30.7. The summed E-state index contributed by atoms with van der Waals surface area (Å²) in [6.45, 7) is 5.36. The summed E-state index contributed by atoms with van der Waals surface area (Å²) in [7, 11) is 1.65. The lowest BCUT2D eigenvalue weighted by Gasteiger charge is -2.38. The van der Waals surface area contributed by atoms with Crippen LogP contribution in [0.4, 0.5) is 23.2 Å². The van der Waals surface area contributed by atoms with Gasteiger partial charge in [0, 0.05) is 49.0 Å². The van der Waals surface area contributed by atoms with Crippen molar-refractivity contribution >= 4 is 33.9 Å². The van der Waals surface area contributed by atoms with Gasteiger partial charge in [-0.25, -0.2) is 9.37 Å². The summed E-state index contributed by atoms with van der Waals surface area (Å²) in [6, 6.07) is 9.54. The van der Waals surface area contributed by atoms with Gasteiger partial charge in [0.15, 0.2) is 5.75 Å². The number of hydrogen-bond acceptors (Lipinski definition) is 6. The van der Waals surface area contributed by atoms with Crippen LogP contribution in [0.3, 0.4) is 0 Å². The van der Waals surface area contributed by atoms with Gasteiger partial charge in [0.1, 0.15) is 17.2 Å². The molecule has 9 nitrogen and oxygen atoms in total. The number of alkyl halides is 3. The van der Waals surface area contributed by atoms with Crippen molar-refractivity contribution in [2.24, 2.45) is 7.05 Å². The first-order valence-corrected chi connectivity index (χ1v) is 15.3. The molecule has 1 amide bonds. The maximum atomic E-state index is 15.2. The van der Waals surface area contributed by atoms with E-state index in [0.29, 0.717) is 54.1 Å². The molecule has 2 aliphatic rings. The molecule has 248 valence electrons. The number of benzene rings is 2. The van der Waals surface area contributed by atoms with Crippen molar-refractivity contribution in [2.45, 2.75) is 32.0 Å². The van der Waals surface area contributed by atoms with Crippen LogP contribution in [0, 0.1) is 12.7 Å². The molecule has 2 aliphatic heterocycles. The Morgan fingerprint density at radius 1 is 1.15 bits per heavy atom. The SMILES string of the molecule is Cc1nc2c3c(c(C(F)(F)F)cc2n1C)-c1cccn2c(C(=O)c4ccc(NC(=O)/C=C/CNC5(C)COC5)c(F)c4)cc(c12)CCO3. The van der Waals surface area contributed by atoms with Gasteiger partial charge in [0.2, 0.25) is 11.7 Å². The summed E-state index contributed by atoms with van der Waals surface area (Å²) in [5.74, 6) is -1.33. The number of ketones is 1. The van der Waals surface area contributed by atoms with Crippen LogP contribution in [0.2, 0.25) is 0 Å². The van der Waals surface area contributed by atoms with Crippen LogP contribution < -0.4 is 15.4 Å². The quantitative estimate of drug-likeness (QED) is 0.126. The lowest BCUT2D eigenvalue weighted by Crippen LogP contribution is -2.58. The first-order valence-electron chi connectivity index (χ1n) is 15.3. The molecule has 5 aromatic rings. The molecule has 48 heavy (non-hydrogen) atoms. The number of rotatable bonds is 7. The zero-order valence-electron chi connectivity index (χ0n) is 26.3. The summed E-state index contributed by atoms with van der Waals surface area (Å²) < 4.78 is 73.5. The number of carbonyl (C=O) groups excluding carboxylic acids is 2. The maximum Gasteiger partial charge on any atom is 0.417 e. The van der Waals surface area contributed by atoms with Gasteiger partial charge in [-0.2, -0.15) is 13.2 Å². The van der Waals surface area contributed by atoms with E-state index < -0.39 is 29.2 Å². The molecular weight excluding hydrogens is 630 g/mol. The Bertz CT molecular complexity index is 2160. The molecule has 13 heteroatoms. The monoisotopic (exact) mass is 661 g/mol. The zero-order valence-corrected chi connectivity index (χ0v) is 26.3. The summed E-state index contributed by atoms with van der Waals surface area (Å²) in [6.07, 6.45) is 0.0863. The van der Waals surface area contributed by atoms with Crippen LogP contribution in [-0.2, 0) is 29.2 Å². The van der Waals surface area contributed by atoms with Crippen molar-refractivity contribution in [3.05, 3.63) is 94.8 Å². The molecule has 2 N–H and O–H groups in total. The van der Waals surface area contributed by atoms with Crippen LogP contribution in [0.5, 0.6) is 5.75 Å². The summed E-state index contributed by atoms with van der Waals surface area (Å²) in [5.41, 5.74) is 0.761. The zero-order chi connectivity index (χ0) is 34.0. The lowest BCUT2D eigenvalue weighted by molar-refractivity contribution is -0.137. The number of fused-ring (bicyclic) bond motifs is 4. The van der Waals surface area contributed by atoms with Gasteiger partial charge < -0.3 is 29.1 Å². The van der Waals surface area contributed by atoms with E-state index in [-0.39, 0.29) is 46.0 Å². The van der Waals surface area contributed by atoms with Crippen molar-refractivity contribution in [3.63, 3.8) is 0 Å². The molecule has 0 bridgehead atoms. The van der Waals surface area contributed by atoms with Crippen LogP contribution in [-0.4, -0.2) is 57.5 Å². The number of carbonyl (C=O) groups is 2. The van der Waals surface area contributed by atoms with Crippen molar-refractivity contribution in [1.82, 2.24) is 19.3 Å². The van der Waals surface area contributed by atoms with E-state index in [4.69, 9.17) is 9.47 Å². The van der Waals surface area contributed by atoms with E-state index >= 15 is 4.39 Å². The number of nitrogens with one attached hydrogen (secondary N) is 2. The fourth-order valence-electron chi connectivity index (χ4n) is 6.27. The van der Waals surface area contributed by atoms with Crippen molar-refractivity contribution < 1.29 is 36.6 Å². The van der Waals surface area contributed by atoms with E-state index in [9.17, 15) is 22.8 Å². The van der Waals surface area contributed by atoms with Crippen molar-refractivity contribution in [2.75, 3.05) is 31.7 Å². The predicted octanol–water partition coefficient (Wildman–Crippen LogP) is 6.00. The Morgan fingerprint density at radius 3 is 2.65 bits per heavy atom. The number of imidazole rings is 1. The molecule has 5 heterocycles. The second kappa shape index (κ2) is 11.6. The smallest absolute Gasteiger partial charge is 0.417 e. The average Bonchev–Trinajstić information content (AvgIpc) is 3.53. The van der Waals surface area contributed by atoms with Crippen molar-refractivity contribution in [3.8, 4) is 16.9 Å². The molecule has 2 aromatic carbocycles. The standard InChI is InChI=1S/C35H31F4N5O4/c1-19-41-30-26(43(19)3)16-23(35(37,38)39)29-22-6-5-12-44-27(15-20(31(22)44)10-13-48-33(29)30)32(46)21-8-9-25(24(36)14-21)42-28(45)7-4-11-40-34(2)17-47-18-34/h4-9,12,14-16,40H,10-11,13,17-18H2,1-3H3,(H,42,45)/b7-4+. The van der Waals surface area contributed by atoms with Gasteiger partial charge in [-0.3, -0.25) is 9.59 Å². The van der Waals surface area contributed by atoms with Gasteiger partial charge in [0.05, 0.1) is 53.3 Å². The normalized spacial score (nSPS) is 15.6. The molecule has 0 atom stereocenters. The number of pyridine rings is 1. The predicted molar refractivity (Wildman–Crippen MR) is 171 cm³/mol. The van der Waals surface area contributed by atoms with Gasteiger partial charge in [-0.15, -0.1) is 0 Å². The molecule has 0 spiro atoms. The Labute approximate surface area is 272 Å². The molecule has 7 rings (SSSR count). The highest BCUT2D eigenvalue weighted by atomic mass is 19.4. The number of hydrogen-bond donors (Lipinski definition) is 2. The Balaban J connectivity index is 1.23. The number of ether oxygens (including phenoxy) is 2. The minimum Gasteiger partial charge on any atom is -0.490 e. The molecular formula is C35H31F4N5O4. The van der Waals surface area contributed by atoms with Gasteiger partial charge in [-0.1, -0.05) is 12.1 Å². The average molecular weight is 662 g/mol. The number of anilines is 1. The third kappa shape index (κ3) is 5.42. The first kappa shape index (κ1) is 31.6. The Kier molecular flexibility index (Phi) is 7.63. The largest absolute Gasteiger partial charge is 0.490 e. The minimum atomic E-state index is -4.72. The molecule has 1 saturated heterocycles. The number of amides is 1. The highest BCUT2D eigenvalue weighted by molar-refractivity contribution is 6.10. The molecule has 0 unspecified atom stereocenters. The minimum absolute atomic E-state index is 0.00530. The second-order valence-corrected chi connectivity index (χ2v) is 12.4. The molecule has 1 fully saturated rings. The highest BCUT2D eigenvalue weighted by Crippen LogP contribution is 2.48. The molecule has 3 aromatic heterocycles. The van der Waals surface area contributed by atoms with Gasteiger partial charge in [0.25, 0.3) is 0 Å². The number of aromatic nitrogens is 3. The number of aryl methyl sites for hydroxylation is 2. The Morgan fingerprint density at radius 2 is 1.94 bits per heavy atom. The van der Waals surface area contributed by atoms with E-state index in [1.165, 1.54) is 18.2 Å². The number of nitrogens with zero attached hydrogens (tertiary/aromatic N) is 3. The van der Waals surface area contributed by atoms with Crippen LogP contribution in [0.25, 0.3) is 27.7 Å².